The molecule has 0 saturated carbocycles. The quantitative estimate of drug-likeness (QED) is 0.224. The molecule has 0 spiro atoms. The maximum Gasteiger partial charge on any atom is 0.300 e. The van der Waals surface area contributed by atoms with Crippen LogP contribution in [0.1, 0.15) is 74.8 Å². The van der Waals surface area contributed by atoms with Gasteiger partial charge in [-0.15, -0.1) is 0 Å². The minimum absolute atomic E-state index is 0.0684. The van der Waals surface area contributed by atoms with Gasteiger partial charge in [-0.3, -0.25) is 14.5 Å². The third kappa shape index (κ3) is 4.78. The van der Waals surface area contributed by atoms with Gasteiger partial charge in [-0.1, -0.05) is 76.2 Å². The molecule has 186 valence electrons. The van der Waals surface area contributed by atoms with Crippen molar-refractivity contribution in [3.8, 4) is 5.75 Å². The van der Waals surface area contributed by atoms with Crippen molar-refractivity contribution in [1.29, 1.82) is 0 Å². The van der Waals surface area contributed by atoms with E-state index < -0.39 is 17.7 Å². The molecule has 1 atom stereocenters. The second-order valence-electron chi connectivity index (χ2n) is 9.70. The second-order valence-corrected chi connectivity index (χ2v) is 9.70. The summed E-state index contributed by atoms with van der Waals surface area (Å²) in [6, 6.07) is 21.8. The van der Waals surface area contributed by atoms with Crippen molar-refractivity contribution in [3.63, 3.8) is 0 Å². The van der Waals surface area contributed by atoms with Crippen LogP contribution in [0.2, 0.25) is 0 Å². The van der Waals surface area contributed by atoms with Crippen LogP contribution in [0, 0.1) is 0 Å². The molecule has 1 heterocycles. The monoisotopic (exact) mass is 483 g/mol. The molecule has 36 heavy (non-hydrogen) atoms. The van der Waals surface area contributed by atoms with Gasteiger partial charge < -0.3 is 9.84 Å². The minimum atomic E-state index is -0.758. The number of Topliss-reactive ketones (excluding diaryl/α,β-unsaturated/α-hetero) is 1. The van der Waals surface area contributed by atoms with E-state index in [1.807, 2.05) is 55.5 Å². The van der Waals surface area contributed by atoms with Gasteiger partial charge >= 0.3 is 0 Å². The third-order valence-corrected chi connectivity index (χ3v) is 6.62. The standard InChI is InChI=1S/C31H33NO4/c1-6-36-26-9-7-8-24(18-26)29(33)27-28(23-12-10-21(11-13-23)19(2)3)32(31(35)30(27)34)25-16-14-22(15-17-25)20(4)5/h7-20,28,33H,6H2,1-5H3/b29-27-. The number of aliphatic hydroxyl groups is 1. The van der Waals surface area contributed by atoms with E-state index in [0.29, 0.717) is 35.4 Å². The highest BCUT2D eigenvalue weighted by molar-refractivity contribution is 6.51. The van der Waals surface area contributed by atoms with Gasteiger partial charge in [0, 0.05) is 11.3 Å². The number of rotatable bonds is 7. The Hall–Kier alpha value is -3.86. The zero-order valence-electron chi connectivity index (χ0n) is 21.5. The molecule has 1 amide bonds. The third-order valence-electron chi connectivity index (χ3n) is 6.62. The molecule has 0 radical (unpaired) electrons. The topological polar surface area (TPSA) is 66.8 Å². The number of hydrogen-bond acceptors (Lipinski definition) is 4. The lowest BCUT2D eigenvalue weighted by Crippen LogP contribution is -2.29. The summed E-state index contributed by atoms with van der Waals surface area (Å²) < 4.78 is 5.58. The van der Waals surface area contributed by atoms with Crippen LogP contribution >= 0.6 is 0 Å². The largest absolute Gasteiger partial charge is 0.507 e. The fourth-order valence-corrected chi connectivity index (χ4v) is 4.55. The second kappa shape index (κ2) is 10.4. The smallest absolute Gasteiger partial charge is 0.300 e. The van der Waals surface area contributed by atoms with Crippen molar-refractivity contribution in [3.05, 3.63) is 101 Å². The van der Waals surface area contributed by atoms with Crippen LogP contribution in [0.3, 0.4) is 0 Å². The highest BCUT2D eigenvalue weighted by atomic mass is 16.5. The summed E-state index contributed by atoms with van der Waals surface area (Å²) in [6.45, 7) is 10.8. The summed E-state index contributed by atoms with van der Waals surface area (Å²) >= 11 is 0. The predicted molar refractivity (Wildman–Crippen MR) is 143 cm³/mol. The first-order chi connectivity index (χ1) is 17.2. The summed E-state index contributed by atoms with van der Waals surface area (Å²) in [6.07, 6.45) is 0. The molecule has 1 unspecified atom stereocenters. The van der Waals surface area contributed by atoms with E-state index in [9.17, 15) is 14.7 Å². The maximum absolute atomic E-state index is 13.4. The van der Waals surface area contributed by atoms with E-state index in [1.165, 1.54) is 4.90 Å². The molecule has 0 aromatic heterocycles. The van der Waals surface area contributed by atoms with E-state index in [-0.39, 0.29) is 11.3 Å². The van der Waals surface area contributed by atoms with E-state index in [0.717, 1.165) is 16.7 Å². The van der Waals surface area contributed by atoms with Crippen LogP contribution in [0.15, 0.2) is 78.4 Å². The van der Waals surface area contributed by atoms with E-state index >= 15 is 0 Å². The number of hydrogen-bond donors (Lipinski definition) is 1. The highest BCUT2D eigenvalue weighted by Gasteiger charge is 2.47. The van der Waals surface area contributed by atoms with Crippen LogP contribution in [0.5, 0.6) is 5.75 Å². The Kier molecular flexibility index (Phi) is 7.30. The zero-order chi connectivity index (χ0) is 26.0. The molecule has 5 heteroatoms. The van der Waals surface area contributed by atoms with Crippen LogP contribution in [0.4, 0.5) is 5.69 Å². The van der Waals surface area contributed by atoms with Gasteiger partial charge in [-0.2, -0.15) is 0 Å². The van der Waals surface area contributed by atoms with Crippen molar-refractivity contribution in [2.75, 3.05) is 11.5 Å². The summed E-state index contributed by atoms with van der Waals surface area (Å²) in [5, 5.41) is 11.4. The molecule has 0 bridgehead atoms. The predicted octanol–water partition coefficient (Wildman–Crippen LogP) is 6.96. The maximum atomic E-state index is 13.4. The molecule has 1 aliphatic heterocycles. The Labute approximate surface area is 213 Å². The van der Waals surface area contributed by atoms with Crippen LogP contribution in [0.25, 0.3) is 5.76 Å². The number of ether oxygens (including phenoxy) is 1. The molecule has 1 saturated heterocycles. The summed E-state index contributed by atoms with van der Waals surface area (Å²) in [7, 11) is 0. The van der Waals surface area contributed by atoms with Gasteiger partial charge in [0.1, 0.15) is 11.5 Å². The van der Waals surface area contributed by atoms with Gasteiger partial charge in [0.15, 0.2) is 0 Å². The Morgan fingerprint density at radius 2 is 1.47 bits per heavy atom. The lowest BCUT2D eigenvalue weighted by Gasteiger charge is -2.26. The SMILES string of the molecule is CCOc1cccc(/C(O)=C2/C(=O)C(=O)N(c3ccc(C(C)C)cc3)C2c2ccc(C(C)C)cc2)c1. The first-order valence-corrected chi connectivity index (χ1v) is 12.5. The highest BCUT2D eigenvalue weighted by Crippen LogP contribution is 2.42. The van der Waals surface area contributed by atoms with Crippen molar-refractivity contribution in [2.45, 2.75) is 52.5 Å². The number of aliphatic hydroxyl groups excluding tert-OH is 1. The molecule has 3 aromatic carbocycles. The molecule has 3 aromatic rings. The summed E-state index contributed by atoms with van der Waals surface area (Å²) in [5.74, 6) is -0.318. The average Bonchev–Trinajstić information content (AvgIpc) is 3.14. The minimum Gasteiger partial charge on any atom is -0.507 e. The van der Waals surface area contributed by atoms with Crippen LogP contribution < -0.4 is 9.64 Å². The van der Waals surface area contributed by atoms with Crippen molar-refractivity contribution < 1.29 is 19.4 Å². The molecule has 1 N–H and O–H groups in total. The lowest BCUT2D eigenvalue weighted by atomic mass is 9.93. The fraction of sp³-hybridized carbons (Fsp3) is 0.290. The molecule has 4 rings (SSSR count). The number of nitrogens with zero attached hydrogens (tertiary/aromatic N) is 1. The van der Waals surface area contributed by atoms with Gasteiger partial charge in [0.25, 0.3) is 11.7 Å². The fourth-order valence-electron chi connectivity index (χ4n) is 4.55. The first-order valence-electron chi connectivity index (χ1n) is 12.5. The number of benzene rings is 3. The van der Waals surface area contributed by atoms with Gasteiger partial charge in [-0.05, 0) is 59.7 Å². The first kappa shape index (κ1) is 25.2. The summed E-state index contributed by atoms with van der Waals surface area (Å²) in [5.41, 5.74) is 4.16. The Morgan fingerprint density at radius 1 is 0.889 bits per heavy atom. The normalized spacial score (nSPS) is 17.3. The molecule has 0 aliphatic carbocycles. The van der Waals surface area contributed by atoms with Crippen LogP contribution in [-0.2, 0) is 9.59 Å². The average molecular weight is 484 g/mol. The molecular formula is C31H33NO4. The molecule has 5 nitrogen and oxygen atoms in total. The number of anilines is 1. The number of amides is 1. The van der Waals surface area contributed by atoms with Crippen LogP contribution in [-0.4, -0.2) is 23.4 Å². The number of ketones is 1. The summed E-state index contributed by atoms with van der Waals surface area (Å²) in [4.78, 5) is 28.3. The lowest BCUT2D eigenvalue weighted by molar-refractivity contribution is -0.132. The van der Waals surface area contributed by atoms with E-state index in [1.54, 1.807) is 24.3 Å². The number of carbonyl (C=O) groups is 2. The molecular weight excluding hydrogens is 450 g/mol. The van der Waals surface area contributed by atoms with Crippen molar-refractivity contribution in [1.82, 2.24) is 0 Å². The van der Waals surface area contributed by atoms with Gasteiger partial charge in [0.05, 0.1) is 18.2 Å². The van der Waals surface area contributed by atoms with E-state index in [4.69, 9.17) is 4.74 Å². The van der Waals surface area contributed by atoms with Gasteiger partial charge in [-0.25, -0.2) is 0 Å². The zero-order valence-corrected chi connectivity index (χ0v) is 21.5. The van der Waals surface area contributed by atoms with Gasteiger partial charge in [0.2, 0.25) is 0 Å². The number of carbonyl (C=O) groups excluding carboxylic acids is 2. The molecule has 1 aliphatic rings. The Balaban J connectivity index is 1.89. The van der Waals surface area contributed by atoms with Crippen molar-refractivity contribution >= 4 is 23.1 Å². The Bertz CT molecular complexity index is 1290. The van der Waals surface area contributed by atoms with Crippen molar-refractivity contribution in [2.24, 2.45) is 0 Å². The van der Waals surface area contributed by atoms with E-state index in [2.05, 4.69) is 27.7 Å². The molecule has 1 fully saturated rings. The Morgan fingerprint density at radius 3 is 2.03 bits per heavy atom.